The smallest absolute Gasteiger partial charge is 0.307 e. The van der Waals surface area contributed by atoms with Crippen LogP contribution in [0.2, 0.25) is 0 Å². The number of sulfonamides is 1. The lowest BCUT2D eigenvalue weighted by molar-refractivity contribution is -0.117. The SMILES string of the molecule is CCOc1ccc(N([C@H](CC)C(=O)Nc2ccc3c(c2)sc(=O)n3C)S(C)(=O)=O)cc1. The molecule has 0 aliphatic rings. The molecular formula is C21H25N3O5S2. The van der Waals surface area contributed by atoms with Crippen LogP contribution in [0.1, 0.15) is 20.3 Å². The molecule has 10 heteroatoms. The molecular weight excluding hydrogens is 438 g/mol. The molecule has 1 heterocycles. The van der Waals surface area contributed by atoms with Gasteiger partial charge in [-0.25, -0.2) is 8.42 Å². The standard InChI is InChI=1S/C21H25N3O5S2/c1-5-17(24(31(4,27)28)15-8-10-16(11-9-15)29-6-2)20(25)22-14-7-12-18-19(13-14)30-21(26)23(18)3/h7-13,17H,5-6H2,1-4H3,(H,22,25)/t17-/m1/s1. The number of rotatable bonds is 8. The zero-order valence-corrected chi connectivity index (χ0v) is 19.4. The number of fused-ring (bicyclic) bond motifs is 1. The van der Waals surface area contributed by atoms with Crippen LogP contribution in [0.3, 0.4) is 0 Å². The summed E-state index contributed by atoms with van der Waals surface area (Å²) < 4.78 is 34.0. The minimum Gasteiger partial charge on any atom is -0.494 e. The third-order valence-corrected chi connectivity index (χ3v) is 6.97. The minimum absolute atomic E-state index is 0.0938. The van der Waals surface area contributed by atoms with E-state index in [1.54, 1.807) is 56.4 Å². The van der Waals surface area contributed by atoms with Gasteiger partial charge >= 0.3 is 4.87 Å². The number of ether oxygens (including phenoxy) is 1. The molecule has 0 aliphatic carbocycles. The van der Waals surface area contributed by atoms with Gasteiger partial charge in [-0.15, -0.1) is 0 Å². The van der Waals surface area contributed by atoms with Crippen molar-refractivity contribution < 1.29 is 17.9 Å². The van der Waals surface area contributed by atoms with E-state index in [1.165, 1.54) is 4.57 Å². The summed E-state index contributed by atoms with van der Waals surface area (Å²) in [7, 11) is -2.05. The number of carbonyl (C=O) groups is 1. The van der Waals surface area contributed by atoms with E-state index in [-0.39, 0.29) is 11.3 Å². The first-order valence-electron chi connectivity index (χ1n) is 9.78. The summed E-state index contributed by atoms with van der Waals surface area (Å²) in [5.74, 6) is 0.164. The molecule has 0 saturated heterocycles. The van der Waals surface area contributed by atoms with E-state index in [0.717, 1.165) is 32.1 Å². The van der Waals surface area contributed by atoms with Crippen LogP contribution in [-0.4, -0.2) is 37.8 Å². The maximum atomic E-state index is 13.1. The highest BCUT2D eigenvalue weighted by molar-refractivity contribution is 7.92. The molecule has 1 aromatic heterocycles. The number of carbonyl (C=O) groups excluding carboxylic acids is 1. The second-order valence-electron chi connectivity index (χ2n) is 7.01. The van der Waals surface area contributed by atoms with Gasteiger partial charge in [0.25, 0.3) is 0 Å². The molecule has 1 N–H and O–H groups in total. The van der Waals surface area contributed by atoms with Crippen LogP contribution in [0.5, 0.6) is 5.75 Å². The monoisotopic (exact) mass is 463 g/mol. The molecule has 1 atom stereocenters. The van der Waals surface area contributed by atoms with Gasteiger partial charge in [-0.05, 0) is 55.8 Å². The summed E-state index contributed by atoms with van der Waals surface area (Å²) >= 11 is 1.08. The quantitative estimate of drug-likeness (QED) is 0.553. The van der Waals surface area contributed by atoms with Crippen LogP contribution in [0.4, 0.5) is 11.4 Å². The van der Waals surface area contributed by atoms with Crippen LogP contribution in [0, 0.1) is 0 Å². The minimum atomic E-state index is -3.74. The van der Waals surface area contributed by atoms with Crippen molar-refractivity contribution in [3.05, 3.63) is 52.1 Å². The van der Waals surface area contributed by atoms with Crippen molar-refractivity contribution >= 4 is 48.9 Å². The fraction of sp³-hybridized carbons (Fsp3) is 0.333. The lowest BCUT2D eigenvalue weighted by Crippen LogP contribution is -2.46. The second kappa shape index (κ2) is 9.11. The van der Waals surface area contributed by atoms with Crippen molar-refractivity contribution in [2.24, 2.45) is 7.05 Å². The summed E-state index contributed by atoms with van der Waals surface area (Å²) in [6, 6.07) is 10.8. The molecule has 0 aliphatic heterocycles. The van der Waals surface area contributed by atoms with E-state index in [4.69, 9.17) is 4.74 Å². The molecule has 31 heavy (non-hydrogen) atoms. The zero-order chi connectivity index (χ0) is 22.8. The highest BCUT2D eigenvalue weighted by Crippen LogP contribution is 2.27. The van der Waals surface area contributed by atoms with Crippen LogP contribution in [0.15, 0.2) is 47.3 Å². The normalized spacial score (nSPS) is 12.5. The molecule has 0 radical (unpaired) electrons. The predicted molar refractivity (Wildman–Crippen MR) is 125 cm³/mol. The number of nitrogens with one attached hydrogen (secondary N) is 1. The fourth-order valence-electron chi connectivity index (χ4n) is 3.35. The average Bonchev–Trinajstić information content (AvgIpc) is 2.99. The van der Waals surface area contributed by atoms with Gasteiger partial charge in [-0.3, -0.25) is 13.9 Å². The average molecular weight is 464 g/mol. The lowest BCUT2D eigenvalue weighted by atomic mass is 10.1. The second-order valence-corrected chi connectivity index (χ2v) is 9.86. The van der Waals surface area contributed by atoms with Crippen LogP contribution < -0.4 is 19.2 Å². The summed E-state index contributed by atoms with van der Waals surface area (Å²) in [6.45, 7) is 4.11. The largest absolute Gasteiger partial charge is 0.494 e. The number of anilines is 2. The van der Waals surface area contributed by atoms with Gasteiger partial charge in [0.05, 0.1) is 28.8 Å². The number of hydrogen-bond acceptors (Lipinski definition) is 6. The van der Waals surface area contributed by atoms with Crippen molar-refractivity contribution in [3.8, 4) is 5.75 Å². The first kappa shape index (κ1) is 22.8. The summed E-state index contributed by atoms with van der Waals surface area (Å²) in [5, 5.41) is 2.79. The molecule has 0 spiro atoms. The molecule has 0 saturated carbocycles. The number of aromatic nitrogens is 1. The van der Waals surface area contributed by atoms with Gasteiger partial charge in [-0.1, -0.05) is 18.3 Å². The van der Waals surface area contributed by atoms with Crippen LogP contribution >= 0.6 is 11.3 Å². The van der Waals surface area contributed by atoms with E-state index in [2.05, 4.69) is 5.32 Å². The molecule has 3 aromatic rings. The molecule has 0 fully saturated rings. The molecule has 8 nitrogen and oxygen atoms in total. The summed E-state index contributed by atoms with van der Waals surface area (Å²) in [4.78, 5) is 24.8. The van der Waals surface area contributed by atoms with Crippen molar-refractivity contribution in [1.29, 1.82) is 0 Å². The molecule has 3 rings (SSSR count). The van der Waals surface area contributed by atoms with Crippen molar-refractivity contribution in [2.45, 2.75) is 26.3 Å². The summed E-state index contributed by atoms with van der Waals surface area (Å²) in [6.07, 6.45) is 1.35. The number of benzene rings is 2. The van der Waals surface area contributed by atoms with Crippen molar-refractivity contribution in [3.63, 3.8) is 0 Å². The third kappa shape index (κ3) is 4.91. The first-order valence-corrected chi connectivity index (χ1v) is 12.4. The van der Waals surface area contributed by atoms with Gasteiger partial charge in [0.2, 0.25) is 15.9 Å². The maximum Gasteiger partial charge on any atom is 0.307 e. The Morgan fingerprint density at radius 1 is 1.19 bits per heavy atom. The molecule has 2 aromatic carbocycles. The number of thiazole rings is 1. The number of aryl methyl sites for hydroxylation is 1. The molecule has 0 unspecified atom stereocenters. The van der Waals surface area contributed by atoms with Crippen molar-refractivity contribution in [1.82, 2.24) is 4.57 Å². The molecule has 1 amide bonds. The Bertz CT molecular complexity index is 1250. The van der Waals surface area contributed by atoms with E-state index in [9.17, 15) is 18.0 Å². The Morgan fingerprint density at radius 3 is 2.45 bits per heavy atom. The topological polar surface area (TPSA) is 97.7 Å². The lowest BCUT2D eigenvalue weighted by Gasteiger charge is -2.30. The Labute approximate surface area is 185 Å². The first-order chi connectivity index (χ1) is 14.7. The van der Waals surface area contributed by atoms with E-state index in [0.29, 0.717) is 23.7 Å². The van der Waals surface area contributed by atoms with Gasteiger partial charge in [0.15, 0.2) is 0 Å². The van der Waals surface area contributed by atoms with E-state index >= 15 is 0 Å². The third-order valence-electron chi connectivity index (χ3n) is 4.79. The zero-order valence-electron chi connectivity index (χ0n) is 17.8. The van der Waals surface area contributed by atoms with Gasteiger partial charge in [-0.2, -0.15) is 0 Å². The van der Waals surface area contributed by atoms with Gasteiger partial charge in [0.1, 0.15) is 11.8 Å². The van der Waals surface area contributed by atoms with Crippen molar-refractivity contribution in [2.75, 3.05) is 22.5 Å². The van der Waals surface area contributed by atoms with Crippen LogP contribution in [-0.2, 0) is 21.9 Å². The maximum absolute atomic E-state index is 13.1. The number of amides is 1. The Morgan fingerprint density at radius 2 is 1.87 bits per heavy atom. The highest BCUT2D eigenvalue weighted by Gasteiger charge is 2.31. The Hall–Kier alpha value is -2.85. The Kier molecular flexibility index (Phi) is 6.71. The summed E-state index contributed by atoms with van der Waals surface area (Å²) in [5.41, 5.74) is 1.65. The van der Waals surface area contributed by atoms with Gasteiger partial charge < -0.3 is 14.6 Å². The van der Waals surface area contributed by atoms with Gasteiger partial charge in [0, 0.05) is 12.7 Å². The van der Waals surface area contributed by atoms with Crippen LogP contribution in [0.25, 0.3) is 10.2 Å². The number of nitrogens with zero attached hydrogens (tertiary/aromatic N) is 2. The predicted octanol–water partition coefficient (Wildman–Crippen LogP) is 3.18. The van der Waals surface area contributed by atoms with E-state index in [1.807, 2.05) is 6.92 Å². The molecule has 0 bridgehead atoms. The van der Waals surface area contributed by atoms with E-state index < -0.39 is 22.0 Å². The number of hydrogen-bond donors (Lipinski definition) is 1. The Balaban J connectivity index is 1.91. The molecule has 166 valence electrons. The fourth-order valence-corrected chi connectivity index (χ4v) is 5.48. The highest BCUT2D eigenvalue weighted by atomic mass is 32.2.